The molecule has 0 atom stereocenters. The number of fused-ring (bicyclic) bond motifs is 3. The van der Waals surface area contributed by atoms with E-state index in [0.29, 0.717) is 0 Å². The third kappa shape index (κ3) is 1.54. The number of hydrogen-bond acceptors (Lipinski definition) is 0. The zero-order chi connectivity index (χ0) is 13.7. The summed E-state index contributed by atoms with van der Waals surface area (Å²) >= 11 is 0. The molecule has 0 bridgehead atoms. The molecule has 0 nitrogen and oxygen atoms in total. The Hall–Kier alpha value is -2.08. The van der Waals surface area contributed by atoms with Crippen LogP contribution >= 0.6 is 0 Å². The van der Waals surface area contributed by atoms with E-state index in [1.165, 1.54) is 44.5 Å². The molecule has 0 aromatic heterocycles. The number of hydrogen-bond donors (Lipinski definition) is 0. The second-order valence-corrected chi connectivity index (χ2v) is 5.89. The summed E-state index contributed by atoms with van der Waals surface area (Å²) in [6.07, 6.45) is 8.87. The summed E-state index contributed by atoms with van der Waals surface area (Å²) in [7, 11) is 0. The molecular formula is C20H18. The van der Waals surface area contributed by atoms with Gasteiger partial charge in [0, 0.05) is 0 Å². The highest BCUT2D eigenvalue weighted by Gasteiger charge is 2.24. The summed E-state index contributed by atoms with van der Waals surface area (Å²) in [5, 5.41) is 0. The fourth-order valence-electron chi connectivity index (χ4n) is 3.71. The Morgan fingerprint density at radius 2 is 1.75 bits per heavy atom. The maximum atomic E-state index is 2.32. The van der Waals surface area contributed by atoms with Crippen LogP contribution in [0, 0.1) is 13.8 Å². The lowest BCUT2D eigenvalue weighted by molar-refractivity contribution is 1.21. The lowest BCUT2D eigenvalue weighted by atomic mass is 9.90. The van der Waals surface area contributed by atoms with Crippen molar-refractivity contribution in [3.05, 3.63) is 76.4 Å². The molecule has 0 saturated heterocycles. The molecule has 2 aliphatic carbocycles. The number of aryl methyl sites for hydroxylation is 2. The molecule has 0 saturated carbocycles. The highest BCUT2D eigenvalue weighted by molar-refractivity contribution is 5.87. The Labute approximate surface area is 120 Å². The molecule has 0 spiro atoms. The third-order valence-electron chi connectivity index (χ3n) is 4.61. The molecule has 2 aromatic carbocycles. The van der Waals surface area contributed by atoms with Gasteiger partial charge < -0.3 is 0 Å². The van der Waals surface area contributed by atoms with Gasteiger partial charge in [0.1, 0.15) is 0 Å². The molecule has 0 heterocycles. The first-order chi connectivity index (χ1) is 9.75. The molecule has 2 aromatic rings. The molecular weight excluding hydrogens is 240 g/mol. The summed E-state index contributed by atoms with van der Waals surface area (Å²) in [6, 6.07) is 11.3. The van der Waals surface area contributed by atoms with Crippen LogP contribution in [0.5, 0.6) is 0 Å². The highest BCUT2D eigenvalue weighted by atomic mass is 14.3. The zero-order valence-corrected chi connectivity index (χ0v) is 12.0. The third-order valence-corrected chi connectivity index (χ3v) is 4.61. The topological polar surface area (TPSA) is 0 Å². The van der Waals surface area contributed by atoms with Crippen LogP contribution in [0.3, 0.4) is 0 Å². The SMILES string of the molecule is Cc1ccc2c(c1C1=CC=CC1)Cc1cccc(C)c1-2. The molecule has 98 valence electrons. The quantitative estimate of drug-likeness (QED) is 0.561. The van der Waals surface area contributed by atoms with E-state index in [1.807, 2.05) is 0 Å². The Kier molecular flexibility index (Phi) is 2.47. The van der Waals surface area contributed by atoms with Crippen molar-refractivity contribution in [1.82, 2.24) is 0 Å². The van der Waals surface area contributed by atoms with Gasteiger partial charge >= 0.3 is 0 Å². The zero-order valence-electron chi connectivity index (χ0n) is 12.0. The van der Waals surface area contributed by atoms with E-state index in [2.05, 4.69) is 62.4 Å². The van der Waals surface area contributed by atoms with Gasteiger partial charge in [0.2, 0.25) is 0 Å². The van der Waals surface area contributed by atoms with Crippen molar-refractivity contribution in [2.24, 2.45) is 0 Å². The number of rotatable bonds is 1. The van der Waals surface area contributed by atoms with Crippen molar-refractivity contribution in [1.29, 1.82) is 0 Å². The van der Waals surface area contributed by atoms with Gasteiger partial charge in [-0.25, -0.2) is 0 Å². The van der Waals surface area contributed by atoms with Gasteiger partial charge in [-0.15, -0.1) is 0 Å². The molecule has 0 amide bonds. The molecule has 2 aliphatic rings. The first kappa shape index (κ1) is 11.7. The average Bonchev–Trinajstić information content (AvgIpc) is 3.05. The maximum absolute atomic E-state index is 2.32. The van der Waals surface area contributed by atoms with E-state index in [-0.39, 0.29) is 0 Å². The van der Waals surface area contributed by atoms with Crippen molar-refractivity contribution in [2.75, 3.05) is 0 Å². The molecule has 4 rings (SSSR count). The van der Waals surface area contributed by atoms with Crippen LogP contribution in [0.1, 0.15) is 34.2 Å². The number of benzene rings is 2. The molecule has 0 unspecified atom stereocenters. The van der Waals surface area contributed by atoms with Crippen LogP contribution < -0.4 is 0 Å². The van der Waals surface area contributed by atoms with Gasteiger partial charge in [-0.3, -0.25) is 0 Å². The van der Waals surface area contributed by atoms with E-state index in [9.17, 15) is 0 Å². The molecule has 0 radical (unpaired) electrons. The molecule has 20 heavy (non-hydrogen) atoms. The molecule has 0 aliphatic heterocycles. The fourth-order valence-corrected chi connectivity index (χ4v) is 3.71. The average molecular weight is 258 g/mol. The van der Waals surface area contributed by atoms with Gasteiger partial charge in [0.15, 0.2) is 0 Å². The van der Waals surface area contributed by atoms with E-state index < -0.39 is 0 Å². The predicted molar refractivity (Wildman–Crippen MR) is 85.9 cm³/mol. The Bertz CT molecular complexity index is 773. The maximum Gasteiger partial charge on any atom is -0.000720 e. The largest absolute Gasteiger partial charge is 0.0801 e. The molecule has 0 heteroatoms. The minimum atomic E-state index is 1.08. The first-order valence-corrected chi connectivity index (χ1v) is 7.33. The first-order valence-electron chi connectivity index (χ1n) is 7.33. The Balaban J connectivity index is 1.98. The van der Waals surface area contributed by atoms with Crippen molar-refractivity contribution in [3.63, 3.8) is 0 Å². The standard InChI is InChI=1S/C20H18/c1-13-6-5-9-16-12-18-17(20(13)16)11-10-14(2)19(18)15-7-3-4-8-15/h3-7,9-11H,8,12H2,1-2H3. The molecule has 0 fully saturated rings. The fraction of sp³-hybridized carbons (Fsp3) is 0.200. The smallest absolute Gasteiger partial charge is 0.000720 e. The van der Waals surface area contributed by atoms with Gasteiger partial charge in [-0.1, -0.05) is 48.6 Å². The number of allylic oxidation sites excluding steroid dienone is 4. The van der Waals surface area contributed by atoms with E-state index in [0.717, 1.165) is 12.8 Å². The van der Waals surface area contributed by atoms with Crippen LogP contribution in [-0.4, -0.2) is 0 Å². The summed E-state index contributed by atoms with van der Waals surface area (Å²) < 4.78 is 0. The van der Waals surface area contributed by atoms with Gasteiger partial charge in [0.05, 0.1) is 0 Å². The van der Waals surface area contributed by atoms with Crippen molar-refractivity contribution in [2.45, 2.75) is 26.7 Å². The minimum absolute atomic E-state index is 1.08. The lowest BCUT2D eigenvalue weighted by Gasteiger charge is -2.14. The van der Waals surface area contributed by atoms with Crippen molar-refractivity contribution >= 4 is 5.57 Å². The summed E-state index contributed by atoms with van der Waals surface area (Å²) in [4.78, 5) is 0. The van der Waals surface area contributed by atoms with Gasteiger partial charge in [-0.2, -0.15) is 0 Å². The highest BCUT2D eigenvalue weighted by Crippen LogP contribution is 2.43. The van der Waals surface area contributed by atoms with Gasteiger partial charge in [-0.05, 0) is 71.2 Å². The minimum Gasteiger partial charge on any atom is -0.0801 e. The summed E-state index contributed by atoms with van der Waals surface area (Å²) in [6.45, 7) is 4.47. The van der Waals surface area contributed by atoms with E-state index in [1.54, 1.807) is 0 Å². The van der Waals surface area contributed by atoms with E-state index in [4.69, 9.17) is 0 Å². The van der Waals surface area contributed by atoms with Crippen LogP contribution in [0.2, 0.25) is 0 Å². The van der Waals surface area contributed by atoms with Gasteiger partial charge in [0.25, 0.3) is 0 Å². The second kappa shape index (κ2) is 4.21. The van der Waals surface area contributed by atoms with Crippen LogP contribution in [0.4, 0.5) is 0 Å². The van der Waals surface area contributed by atoms with Crippen LogP contribution in [-0.2, 0) is 6.42 Å². The van der Waals surface area contributed by atoms with Crippen LogP contribution in [0.25, 0.3) is 16.7 Å². The normalized spacial score (nSPS) is 15.2. The Morgan fingerprint density at radius 3 is 2.55 bits per heavy atom. The lowest BCUT2D eigenvalue weighted by Crippen LogP contribution is -1.95. The second-order valence-electron chi connectivity index (χ2n) is 5.89. The summed E-state index contributed by atoms with van der Waals surface area (Å²) in [5.41, 5.74) is 11.7. The Morgan fingerprint density at radius 1 is 0.900 bits per heavy atom. The van der Waals surface area contributed by atoms with E-state index >= 15 is 0 Å². The van der Waals surface area contributed by atoms with Crippen molar-refractivity contribution < 1.29 is 0 Å². The van der Waals surface area contributed by atoms with Crippen LogP contribution in [0.15, 0.2) is 48.6 Å². The summed E-state index contributed by atoms with van der Waals surface area (Å²) in [5.74, 6) is 0. The molecule has 0 N–H and O–H groups in total. The monoisotopic (exact) mass is 258 g/mol. The predicted octanol–water partition coefficient (Wildman–Crippen LogP) is 5.22. The van der Waals surface area contributed by atoms with Crippen molar-refractivity contribution in [3.8, 4) is 11.1 Å².